The van der Waals surface area contributed by atoms with Gasteiger partial charge in [0.1, 0.15) is 0 Å². The SMILES string of the molecule is CCCCCCC=NC(C)CCC. The predicted molar refractivity (Wildman–Crippen MR) is 61.6 cm³/mol. The van der Waals surface area contributed by atoms with E-state index in [1.165, 1.54) is 44.9 Å². The van der Waals surface area contributed by atoms with Gasteiger partial charge in [-0.1, -0.05) is 39.5 Å². The highest BCUT2D eigenvalue weighted by Gasteiger charge is 1.93. The molecule has 0 saturated heterocycles. The van der Waals surface area contributed by atoms with Gasteiger partial charge in [-0.3, -0.25) is 4.99 Å². The van der Waals surface area contributed by atoms with Gasteiger partial charge in [0.25, 0.3) is 0 Å². The quantitative estimate of drug-likeness (QED) is 0.395. The fourth-order valence-electron chi connectivity index (χ4n) is 1.41. The van der Waals surface area contributed by atoms with E-state index in [4.69, 9.17) is 0 Å². The molecule has 0 aromatic carbocycles. The van der Waals surface area contributed by atoms with Crippen LogP contribution in [0.25, 0.3) is 0 Å². The Morgan fingerprint density at radius 3 is 2.46 bits per heavy atom. The predicted octanol–water partition coefficient (Wildman–Crippen LogP) is 4.22. The van der Waals surface area contributed by atoms with E-state index in [-0.39, 0.29) is 0 Å². The lowest BCUT2D eigenvalue weighted by Gasteiger charge is -2.02. The highest BCUT2D eigenvalue weighted by Crippen LogP contribution is 2.02. The minimum absolute atomic E-state index is 0.538. The molecule has 0 bridgehead atoms. The van der Waals surface area contributed by atoms with Gasteiger partial charge < -0.3 is 0 Å². The standard InChI is InChI=1S/C12H25N/c1-4-6-7-8-9-11-13-12(3)10-5-2/h11-12H,4-10H2,1-3H3. The van der Waals surface area contributed by atoms with E-state index in [1.54, 1.807) is 0 Å². The van der Waals surface area contributed by atoms with Crippen LogP contribution in [0.4, 0.5) is 0 Å². The number of rotatable bonds is 8. The Balaban J connectivity index is 3.20. The highest BCUT2D eigenvalue weighted by atomic mass is 14.7. The summed E-state index contributed by atoms with van der Waals surface area (Å²) in [5.74, 6) is 0. The lowest BCUT2D eigenvalue weighted by Crippen LogP contribution is -1.96. The Hall–Kier alpha value is -0.330. The van der Waals surface area contributed by atoms with Crippen molar-refractivity contribution in [2.24, 2.45) is 4.99 Å². The third-order valence-corrected chi connectivity index (χ3v) is 2.25. The Morgan fingerprint density at radius 2 is 1.85 bits per heavy atom. The highest BCUT2D eigenvalue weighted by molar-refractivity contribution is 5.57. The van der Waals surface area contributed by atoms with Crippen LogP contribution in [0, 0.1) is 0 Å². The lowest BCUT2D eigenvalue weighted by atomic mass is 10.1. The largest absolute Gasteiger partial charge is 0.295 e. The minimum atomic E-state index is 0.538. The van der Waals surface area contributed by atoms with Crippen molar-refractivity contribution in [3.8, 4) is 0 Å². The van der Waals surface area contributed by atoms with E-state index in [0.717, 1.165) is 0 Å². The first-order chi connectivity index (χ1) is 6.31. The molecule has 0 rings (SSSR count). The van der Waals surface area contributed by atoms with Crippen molar-refractivity contribution in [3.05, 3.63) is 0 Å². The molecule has 1 heteroatoms. The van der Waals surface area contributed by atoms with E-state index in [2.05, 4.69) is 32.0 Å². The summed E-state index contributed by atoms with van der Waals surface area (Å²) in [6.45, 7) is 6.66. The van der Waals surface area contributed by atoms with Crippen molar-refractivity contribution in [3.63, 3.8) is 0 Å². The van der Waals surface area contributed by atoms with Crippen LogP contribution >= 0.6 is 0 Å². The molecule has 0 N–H and O–H groups in total. The number of unbranched alkanes of at least 4 members (excludes halogenated alkanes) is 4. The van der Waals surface area contributed by atoms with Gasteiger partial charge in [0, 0.05) is 6.04 Å². The molecule has 13 heavy (non-hydrogen) atoms. The van der Waals surface area contributed by atoms with Crippen LogP contribution in [0.5, 0.6) is 0 Å². The molecular weight excluding hydrogens is 158 g/mol. The molecule has 0 spiro atoms. The van der Waals surface area contributed by atoms with Crippen LogP contribution in [0.1, 0.15) is 65.7 Å². The molecule has 0 radical (unpaired) electrons. The van der Waals surface area contributed by atoms with E-state index in [0.29, 0.717) is 6.04 Å². The summed E-state index contributed by atoms with van der Waals surface area (Å²) in [7, 11) is 0. The molecule has 0 aromatic rings. The van der Waals surface area contributed by atoms with Gasteiger partial charge in [-0.15, -0.1) is 0 Å². The van der Waals surface area contributed by atoms with Crippen molar-refractivity contribution in [2.45, 2.75) is 71.8 Å². The smallest absolute Gasteiger partial charge is 0.0467 e. The van der Waals surface area contributed by atoms with Crippen molar-refractivity contribution >= 4 is 6.21 Å². The first kappa shape index (κ1) is 12.7. The third-order valence-electron chi connectivity index (χ3n) is 2.25. The zero-order valence-corrected chi connectivity index (χ0v) is 9.55. The molecule has 0 fully saturated rings. The summed E-state index contributed by atoms with van der Waals surface area (Å²) < 4.78 is 0. The normalized spacial score (nSPS) is 13.8. The second-order valence-electron chi connectivity index (χ2n) is 3.82. The fraction of sp³-hybridized carbons (Fsp3) is 0.917. The van der Waals surface area contributed by atoms with Crippen molar-refractivity contribution in [1.82, 2.24) is 0 Å². The first-order valence-electron chi connectivity index (χ1n) is 5.82. The van der Waals surface area contributed by atoms with Gasteiger partial charge in [-0.2, -0.15) is 0 Å². The van der Waals surface area contributed by atoms with Gasteiger partial charge in [0.05, 0.1) is 0 Å². The molecule has 0 aromatic heterocycles. The van der Waals surface area contributed by atoms with E-state index in [9.17, 15) is 0 Å². The second-order valence-corrected chi connectivity index (χ2v) is 3.82. The van der Waals surface area contributed by atoms with Crippen LogP contribution in [-0.4, -0.2) is 12.3 Å². The molecule has 0 aliphatic heterocycles. The average Bonchev–Trinajstić information content (AvgIpc) is 2.11. The summed E-state index contributed by atoms with van der Waals surface area (Å²) in [5, 5.41) is 0. The van der Waals surface area contributed by atoms with Gasteiger partial charge in [0.15, 0.2) is 0 Å². The third kappa shape index (κ3) is 9.59. The molecule has 1 atom stereocenters. The van der Waals surface area contributed by atoms with Crippen LogP contribution in [-0.2, 0) is 0 Å². The maximum absolute atomic E-state index is 4.49. The Bertz CT molecular complexity index is 118. The summed E-state index contributed by atoms with van der Waals surface area (Å²) in [6, 6.07) is 0.538. The fourth-order valence-corrected chi connectivity index (χ4v) is 1.41. The lowest BCUT2D eigenvalue weighted by molar-refractivity contribution is 0.650. The summed E-state index contributed by atoms with van der Waals surface area (Å²) in [6.07, 6.45) is 11.1. The van der Waals surface area contributed by atoms with Crippen molar-refractivity contribution < 1.29 is 0 Å². The molecule has 0 saturated carbocycles. The molecule has 0 aliphatic rings. The van der Waals surface area contributed by atoms with Gasteiger partial charge in [-0.05, 0) is 32.4 Å². The Morgan fingerprint density at radius 1 is 1.08 bits per heavy atom. The summed E-state index contributed by atoms with van der Waals surface area (Å²) in [4.78, 5) is 4.49. The summed E-state index contributed by atoms with van der Waals surface area (Å²) >= 11 is 0. The monoisotopic (exact) mass is 183 g/mol. The Labute approximate surface area is 83.6 Å². The maximum atomic E-state index is 4.49. The second kappa shape index (κ2) is 9.76. The number of aliphatic imine (C=N–C) groups is 1. The van der Waals surface area contributed by atoms with Gasteiger partial charge >= 0.3 is 0 Å². The topological polar surface area (TPSA) is 12.4 Å². The molecular formula is C12H25N. The molecule has 1 unspecified atom stereocenters. The van der Waals surface area contributed by atoms with Crippen LogP contribution in [0.3, 0.4) is 0 Å². The molecule has 0 aliphatic carbocycles. The van der Waals surface area contributed by atoms with Crippen LogP contribution in [0.2, 0.25) is 0 Å². The van der Waals surface area contributed by atoms with E-state index in [1.807, 2.05) is 0 Å². The molecule has 0 amide bonds. The van der Waals surface area contributed by atoms with Crippen LogP contribution in [0.15, 0.2) is 4.99 Å². The Kier molecular flexibility index (Phi) is 9.51. The van der Waals surface area contributed by atoms with E-state index < -0.39 is 0 Å². The first-order valence-corrected chi connectivity index (χ1v) is 5.82. The van der Waals surface area contributed by atoms with Crippen molar-refractivity contribution in [1.29, 1.82) is 0 Å². The number of hydrogen-bond acceptors (Lipinski definition) is 1. The average molecular weight is 183 g/mol. The summed E-state index contributed by atoms with van der Waals surface area (Å²) in [5.41, 5.74) is 0. The minimum Gasteiger partial charge on any atom is -0.295 e. The number of nitrogens with zero attached hydrogens (tertiary/aromatic N) is 1. The van der Waals surface area contributed by atoms with E-state index >= 15 is 0 Å². The van der Waals surface area contributed by atoms with Crippen molar-refractivity contribution in [2.75, 3.05) is 0 Å². The zero-order valence-electron chi connectivity index (χ0n) is 9.55. The number of hydrogen-bond donors (Lipinski definition) is 0. The maximum Gasteiger partial charge on any atom is 0.0467 e. The molecule has 1 nitrogen and oxygen atoms in total. The van der Waals surface area contributed by atoms with Gasteiger partial charge in [0.2, 0.25) is 0 Å². The molecule has 78 valence electrons. The van der Waals surface area contributed by atoms with Gasteiger partial charge in [-0.25, -0.2) is 0 Å². The van der Waals surface area contributed by atoms with Crippen LogP contribution < -0.4 is 0 Å². The molecule has 0 heterocycles. The zero-order chi connectivity index (χ0) is 9.94.